The minimum absolute atomic E-state index is 0.0566. The van der Waals surface area contributed by atoms with E-state index in [1.54, 1.807) is 37.3 Å². The van der Waals surface area contributed by atoms with Gasteiger partial charge in [0.2, 0.25) is 0 Å². The first-order valence-corrected chi connectivity index (χ1v) is 7.30. The molecule has 0 radical (unpaired) electrons. The number of hydrogen-bond donors (Lipinski definition) is 2. The lowest BCUT2D eigenvalue weighted by Gasteiger charge is -2.10. The summed E-state index contributed by atoms with van der Waals surface area (Å²) in [5.74, 6) is -1.09. The lowest BCUT2D eigenvalue weighted by Crippen LogP contribution is -2.14. The quantitative estimate of drug-likeness (QED) is 0.906. The Hall–Kier alpha value is -2.34. The van der Waals surface area contributed by atoms with E-state index in [9.17, 15) is 13.2 Å². The van der Waals surface area contributed by atoms with Gasteiger partial charge in [-0.1, -0.05) is 18.2 Å². The maximum absolute atomic E-state index is 12.2. The normalized spacial score (nSPS) is 11.1. The average Bonchev–Trinajstić information content (AvgIpc) is 2.38. The van der Waals surface area contributed by atoms with Crippen molar-refractivity contribution in [3.63, 3.8) is 0 Å². The first-order valence-electron chi connectivity index (χ1n) is 5.82. The van der Waals surface area contributed by atoms with E-state index in [1.807, 2.05) is 0 Å². The lowest BCUT2D eigenvalue weighted by molar-refractivity contribution is 0.0696. The SMILES string of the molecule is Cc1cc(C(=O)O)ccc1S(=O)(=O)Nc1ccccc1. The largest absolute Gasteiger partial charge is 0.478 e. The summed E-state index contributed by atoms with van der Waals surface area (Å²) in [7, 11) is -3.73. The van der Waals surface area contributed by atoms with Crippen LogP contribution in [-0.4, -0.2) is 19.5 Å². The number of aryl methyl sites for hydroxylation is 1. The van der Waals surface area contributed by atoms with E-state index in [1.165, 1.54) is 18.2 Å². The summed E-state index contributed by atoms with van der Waals surface area (Å²) in [5.41, 5.74) is 0.892. The van der Waals surface area contributed by atoms with Crippen molar-refractivity contribution in [1.82, 2.24) is 0 Å². The van der Waals surface area contributed by atoms with E-state index in [0.717, 1.165) is 0 Å². The smallest absolute Gasteiger partial charge is 0.335 e. The standard InChI is InChI=1S/C14H13NO4S/c1-10-9-11(14(16)17)7-8-13(10)20(18,19)15-12-5-3-2-4-6-12/h2-9,15H,1H3,(H,16,17). The van der Waals surface area contributed by atoms with Crippen molar-refractivity contribution in [2.75, 3.05) is 4.72 Å². The van der Waals surface area contributed by atoms with Crippen molar-refractivity contribution in [2.24, 2.45) is 0 Å². The van der Waals surface area contributed by atoms with Gasteiger partial charge >= 0.3 is 5.97 Å². The van der Waals surface area contributed by atoms with Crippen LogP contribution in [0, 0.1) is 6.92 Å². The first kappa shape index (κ1) is 14.1. The van der Waals surface area contributed by atoms with Gasteiger partial charge in [0, 0.05) is 5.69 Å². The summed E-state index contributed by atoms with van der Waals surface area (Å²) in [5, 5.41) is 8.87. The zero-order valence-corrected chi connectivity index (χ0v) is 11.5. The minimum atomic E-state index is -3.73. The minimum Gasteiger partial charge on any atom is -0.478 e. The lowest BCUT2D eigenvalue weighted by atomic mass is 10.1. The molecule has 0 aliphatic heterocycles. The van der Waals surface area contributed by atoms with Crippen LogP contribution >= 0.6 is 0 Å². The molecule has 0 unspecified atom stereocenters. The Morgan fingerprint density at radius 1 is 1.10 bits per heavy atom. The molecule has 0 aliphatic rings. The number of nitrogens with one attached hydrogen (secondary N) is 1. The second kappa shape index (κ2) is 5.34. The fourth-order valence-corrected chi connectivity index (χ4v) is 3.09. The number of benzene rings is 2. The number of rotatable bonds is 4. The molecule has 0 aromatic heterocycles. The van der Waals surface area contributed by atoms with Gasteiger partial charge in [-0.25, -0.2) is 13.2 Å². The zero-order chi connectivity index (χ0) is 14.8. The molecular formula is C14H13NO4S. The second-order valence-electron chi connectivity index (χ2n) is 4.26. The Balaban J connectivity index is 2.37. The summed E-state index contributed by atoms with van der Waals surface area (Å²) in [6, 6.07) is 12.4. The number of carboxylic acid groups (broad SMARTS) is 1. The molecule has 0 saturated heterocycles. The second-order valence-corrected chi connectivity index (χ2v) is 5.91. The maximum atomic E-state index is 12.2. The van der Waals surface area contributed by atoms with Gasteiger partial charge in [0.1, 0.15) is 0 Å². The third-order valence-electron chi connectivity index (χ3n) is 2.74. The van der Waals surface area contributed by atoms with Crippen molar-refractivity contribution >= 4 is 21.7 Å². The van der Waals surface area contributed by atoms with Crippen LogP contribution in [0.3, 0.4) is 0 Å². The highest BCUT2D eigenvalue weighted by Gasteiger charge is 2.18. The molecule has 0 saturated carbocycles. The first-order chi connectivity index (χ1) is 9.40. The number of sulfonamides is 1. The third-order valence-corrected chi connectivity index (χ3v) is 4.28. The number of hydrogen-bond acceptors (Lipinski definition) is 3. The molecule has 0 amide bonds. The molecule has 2 rings (SSSR count). The van der Waals surface area contributed by atoms with Gasteiger partial charge in [-0.05, 0) is 42.8 Å². The molecule has 0 spiro atoms. The maximum Gasteiger partial charge on any atom is 0.335 e. The van der Waals surface area contributed by atoms with Crippen LogP contribution in [0.15, 0.2) is 53.4 Å². The number of para-hydroxylation sites is 1. The van der Waals surface area contributed by atoms with Gasteiger partial charge < -0.3 is 5.11 Å². The predicted octanol–water partition coefficient (Wildman–Crippen LogP) is 2.49. The molecule has 0 aliphatic carbocycles. The third kappa shape index (κ3) is 2.97. The van der Waals surface area contributed by atoms with Crippen LogP contribution in [0.1, 0.15) is 15.9 Å². The van der Waals surface area contributed by atoms with E-state index in [0.29, 0.717) is 11.3 Å². The van der Waals surface area contributed by atoms with Crippen molar-refractivity contribution in [3.8, 4) is 0 Å². The van der Waals surface area contributed by atoms with Crippen molar-refractivity contribution in [2.45, 2.75) is 11.8 Å². The van der Waals surface area contributed by atoms with Gasteiger partial charge in [-0.2, -0.15) is 0 Å². The molecule has 0 fully saturated rings. The topological polar surface area (TPSA) is 83.5 Å². The molecule has 2 N–H and O–H groups in total. The summed E-state index contributed by atoms with van der Waals surface area (Å²) >= 11 is 0. The number of aromatic carboxylic acids is 1. The highest BCUT2D eigenvalue weighted by molar-refractivity contribution is 7.92. The molecule has 6 heteroatoms. The molecule has 5 nitrogen and oxygen atoms in total. The Morgan fingerprint density at radius 3 is 2.30 bits per heavy atom. The number of carboxylic acids is 1. The van der Waals surface area contributed by atoms with Crippen LogP contribution < -0.4 is 4.72 Å². The fraction of sp³-hybridized carbons (Fsp3) is 0.0714. The summed E-state index contributed by atoms with van der Waals surface area (Å²) < 4.78 is 26.9. The van der Waals surface area contributed by atoms with E-state index >= 15 is 0 Å². The Labute approximate surface area is 116 Å². The molecule has 2 aromatic carbocycles. The Bertz CT molecular complexity index is 739. The zero-order valence-electron chi connectivity index (χ0n) is 10.7. The van der Waals surface area contributed by atoms with Gasteiger partial charge in [0.05, 0.1) is 10.5 Å². The Morgan fingerprint density at radius 2 is 1.75 bits per heavy atom. The predicted molar refractivity (Wildman–Crippen MR) is 75.4 cm³/mol. The van der Waals surface area contributed by atoms with E-state index in [2.05, 4.69) is 4.72 Å². The van der Waals surface area contributed by atoms with E-state index < -0.39 is 16.0 Å². The Kier molecular flexibility index (Phi) is 3.76. The number of carbonyl (C=O) groups is 1. The van der Waals surface area contributed by atoms with Crippen molar-refractivity contribution in [3.05, 3.63) is 59.7 Å². The molecule has 20 heavy (non-hydrogen) atoms. The van der Waals surface area contributed by atoms with E-state index in [-0.39, 0.29) is 10.5 Å². The monoisotopic (exact) mass is 291 g/mol. The molecule has 0 heterocycles. The molecule has 0 bridgehead atoms. The van der Waals surface area contributed by atoms with Crippen LogP contribution in [0.2, 0.25) is 0 Å². The van der Waals surface area contributed by atoms with Crippen molar-refractivity contribution in [1.29, 1.82) is 0 Å². The number of anilines is 1. The molecule has 104 valence electrons. The highest BCUT2D eigenvalue weighted by atomic mass is 32.2. The fourth-order valence-electron chi connectivity index (χ4n) is 1.80. The average molecular weight is 291 g/mol. The van der Waals surface area contributed by atoms with Gasteiger partial charge in [0.15, 0.2) is 0 Å². The van der Waals surface area contributed by atoms with Gasteiger partial charge in [0.25, 0.3) is 10.0 Å². The summed E-state index contributed by atoms with van der Waals surface area (Å²) in [4.78, 5) is 10.9. The molecular weight excluding hydrogens is 278 g/mol. The van der Waals surface area contributed by atoms with Gasteiger partial charge in [-0.15, -0.1) is 0 Å². The van der Waals surface area contributed by atoms with Crippen LogP contribution in [0.25, 0.3) is 0 Å². The van der Waals surface area contributed by atoms with Gasteiger partial charge in [-0.3, -0.25) is 4.72 Å². The molecule has 2 aromatic rings. The van der Waals surface area contributed by atoms with Crippen LogP contribution in [-0.2, 0) is 10.0 Å². The molecule has 0 atom stereocenters. The van der Waals surface area contributed by atoms with Crippen LogP contribution in [0.4, 0.5) is 5.69 Å². The van der Waals surface area contributed by atoms with Crippen LogP contribution in [0.5, 0.6) is 0 Å². The summed E-state index contributed by atoms with van der Waals surface area (Å²) in [6.45, 7) is 1.56. The van der Waals surface area contributed by atoms with E-state index in [4.69, 9.17) is 5.11 Å². The van der Waals surface area contributed by atoms with Crippen molar-refractivity contribution < 1.29 is 18.3 Å². The highest BCUT2D eigenvalue weighted by Crippen LogP contribution is 2.20. The summed E-state index contributed by atoms with van der Waals surface area (Å²) in [6.07, 6.45) is 0.